The molecule has 1 rings (SSSR count). The van der Waals surface area contributed by atoms with Crippen molar-refractivity contribution in [1.29, 1.82) is 0 Å². The Morgan fingerprint density at radius 1 is 1.35 bits per heavy atom. The van der Waals surface area contributed by atoms with Crippen LogP contribution in [-0.2, 0) is 10.0 Å². The third-order valence-corrected chi connectivity index (χ3v) is 5.20. The smallest absolute Gasteiger partial charge is 0.208 e. The van der Waals surface area contributed by atoms with Crippen LogP contribution < -0.4 is 15.4 Å². The Hall–Kier alpha value is 0.260. The maximum absolute atomic E-state index is 10.9. The van der Waals surface area contributed by atoms with E-state index in [4.69, 9.17) is 0 Å². The summed E-state index contributed by atoms with van der Waals surface area (Å²) in [6.45, 7) is 4.00. The zero-order valence-electron chi connectivity index (χ0n) is 12.2. The summed E-state index contributed by atoms with van der Waals surface area (Å²) < 4.78 is 24.5. The molecule has 0 amide bonds. The van der Waals surface area contributed by atoms with E-state index in [1.165, 1.54) is 18.6 Å². The van der Waals surface area contributed by atoms with E-state index in [1.54, 1.807) is 7.05 Å². The van der Waals surface area contributed by atoms with Crippen LogP contribution in [0.5, 0.6) is 0 Å². The van der Waals surface area contributed by atoms with Crippen molar-refractivity contribution in [3.05, 3.63) is 0 Å². The number of hydrogen-bond acceptors (Lipinski definition) is 4. The van der Waals surface area contributed by atoms with Gasteiger partial charge in [-0.2, -0.15) is 11.8 Å². The molecule has 1 aliphatic heterocycles. The maximum atomic E-state index is 10.9. The van der Waals surface area contributed by atoms with E-state index in [-0.39, 0.29) is 28.7 Å². The van der Waals surface area contributed by atoms with Crippen molar-refractivity contribution in [3.8, 4) is 0 Å². The largest absolute Gasteiger partial charge is 0.355 e. The molecule has 120 valence electrons. The van der Waals surface area contributed by atoms with Crippen molar-refractivity contribution >= 4 is 51.7 Å². The fourth-order valence-corrected chi connectivity index (χ4v) is 3.60. The lowest BCUT2D eigenvalue weighted by atomic mass is 10.1. The summed E-state index contributed by atoms with van der Waals surface area (Å²) in [5, 5.41) is 6.38. The third kappa shape index (κ3) is 8.53. The van der Waals surface area contributed by atoms with Gasteiger partial charge in [0.15, 0.2) is 5.96 Å². The minimum Gasteiger partial charge on any atom is -0.355 e. The van der Waals surface area contributed by atoms with Gasteiger partial charge >= 0.3 is 0 Å². The topological polar surface area (TPSA) is 82.6 Å². The van der Waals surface area contributed by atoms with Crippen LogP contribution in [0.25, 0.3) is 0 Å². The van der Waals surface area contributed by atoms with Crippen LogP contribution in [-0.4, -0.2) is 57.8 Å². The van der Waals surface area contributed by atoms with Gasteiger partial charge in [-0.25, -0.2) is 13.1 Å². The van der Waals surface area contributed by atoms with Crippen molar-refractivity contribution in [1.82, 2.24) is 15.4 Å². The molecule has 0 radical (unpaired) electrons. The minimum absolute atomic E-state index is 0. The number of sulfonamides is 1. The van der Waals surface area contributed by atoms with Crippen LogP contribution in [0.1, 0.15) is 19.8 Å². The lowest BCUT2D eigenvalue weighted by molar-refractivity contribution is 0.580. The van der Waals surface area contributed by atoms with Gasteiger partial charge < -0.3 is 10.6 Å². The van der Waals surface area contributed by atoms with E-state index in [9.17, 15) is 8.42 Å². The zero-order valence-corrected chi connectivity index (χ0v) is 16.2. The van der Waals surface area contributed by atoms with E-state index in [1.807, 2.05) is 11.8 Å². The van der Waals surface area contributed by atoms with Gasteiger partial charge in [0, 0.05) is 31.4 Å². The second kappa shape index (κ2) is 9.31. The summed E-state index contributed by atoms with van der Waals surface area (Å²) in [7, 11) is -1.41. The van der Waals surface area contributed by atoms with Crippen molar-refractivity contribution < 1.29 is 8.42 Å². The molecule has 1 atom stereocenters. The van der Waals surface area contributed by atoms with Gasteiger partial charge in [-0.1, -0.05) is 0 Å². The quantitative estimate of drug-likeness (QED) is 0.246. The van der Waals surface area contributed by atoms with E-state index in [2.05, 4.69) is 27.3 Å². The standard InChI is InChI=1S/C11H24N4O2S2.HI/c1-11(5-4-8-18-11)9-14-10(12-2)13-6-7-15-19(3,16)17;/h15H,4-9H2,1-3H3,(H2,12,13,14);1H. The number of rotatable bonds is 6. The number of guanidine groups is 1. The van der Waals surface area contributed by atoms with Gasteiger partial charge in [-0.05, 0) is 25.5 Å². The molecule has 0 bridgehead atoms. The molecule has 0 aromatic carbocycles. The number of nitrogens with one attached hydrogen (secondary N) is 3. The SMILES string of the molecule is CN=C(NCCNS(C)(=O)=O)NCC1(C)CCCS1.I. The van der Waals surface area contributed by atoms with Gasteiger partial charge in [0.1, 0.15) is 0 Å². The van der Waals surface area contributed by atoms with Gasteiger partial charge in [0.25, 0.3) is 0 Å². The van der Waals surface area contributed by atoms with Crippen LogP contribution in [0.3, 0.4) is 0 Å². The lowest BCUT2D eigenvalue weighted by Crippen LogP contribution is -2.45. The summed E-state index contributed by atoms with van der Waals surface area (Å²) >= 11 is 1.99. The first-order valence-electron chi connectivity index (χ1n) is 6.38. The summed E-state index contributed by atoms with van der Waals surface area (Å²) in [5.74, 6) is 1.94. The third-order valence-electron chi connectivity index (χ3n) is 2.94. The molecule has 6 nitrogen and oxygen atoms in total. The van der Waals surface area contributed by atoms with Crippen LogP contribution in [0.2, 0.25) is 0 Å². The zero-order chi connectivity index (χ0) is 14.4. The van der Waals surface area contributed by atoms with Gasteiger partial charge in [-0.3, -0.25) is 4.99 Å². The first-order valence-corrected chi connectivity index (χ1v) is 9.25. The van der Waals surface area contributed by atoms with Gasteiger partial charge in [0.2, 0.25) is 10.0 Å². The molecule has 0 spiro atoms. The highest BCUT2D eigenvalue weighted by Gasteiger charge is 2.29. The molecule has 0 aliphatic carbocycles. The highest BCUT2D eigenvalue weighted by atomic mass is 127. The van der Waals surface area contributed by atoms with E-state index >= 15 is 0 Å². The Kier molecular flexibility index (Phi) is 9.43. The first kappa shape index (κ1) is 20.3. The molecule has 20 heavy (non-hydrogen) atoms. The number of nitrogens with zero attached hydrogens (tertiary/aromatic N) is 1. The van der Waals surface area contributed by atoms with Crippen LogP contribution in [0.15, 0.2) is 4.99 Å². The van der Waals surface area contributed by atoms with Crippen molar-refractivity contribution in [3.63, 3.8) is 0 Å². The molecule has 1 aliphatic rings. The number of halogens is 1. The average molecular weight is 436 g/mol. The molecule has 1 fully saturated rings. The van der Waals surface area contributed by atoms with Crippen molar-refractivity contribution in [2.24, 2.45) is 4.99 Å². The molecule has 0 saturated carbocycles. The highest BCUT2D eigenvalue weighted by molar-refractivity contribution is 14.0. The lowest BCUT2D eigenvalue weighted by Gasteiger charge is -2.24. The second-order valence-electron chi connectivity index (χ2n) is 4.92. The Bertz CT molecular complexity index is 409. The Balaban J connectivity index is 0.00000361. The second-order valence-corrected chi connectivity index (χ2v) is 8.44. The van der Waals surface area contributed by atoms with Crippen LogP contribution >= 0.6 is 35.7 Å². The molecular formula is C11H25IN4O2S2. The van der Waals surface area contributed by atoms with Crippen LogP contribution in [0, 0.1) is 0 Å². The first-order chi connectivity index (χ1) is 8.85. The molecule has 0 aromatic heterocycles. The van der Waals surface area contributed by atoms with Crippen LogP contribution in [0.4, 0.5) is 0 Å². The molecule has 9 heteroatoms. The summed E-state index contributed by atoms with van der Waals surface area (Å²) in [5.41, 5.74) is 0. The number of hydrogen-bond donors (Lipinski definition) is 3. The molecule has 3 N–H and O–H groups in total. The van der Waals surface area contributed by atoms with E-state index in [0.29, 0.717) is 19.0 Å². The molecular weight excluding hydrogens is 411 g/mol. The Morgan fingerprint density at radius 2 is 2.05 bits per heavy atom. The molecule has 1 saturated heterocycles. The summed E-state index contributed by atoms with van der Waals surface area (Å²) in [6, 6.07) is 0. The molecule has 1 heterocycles. The molecule has 0 aromatic rings. The number of thioether (sulfide) groups is 1. The fourth-order valence-electron chi connectivity index (χ4n) is 1.88. The van der Waals surface area contributed by atoms with E-state index in [0.717, 1.165) is 12.8 Å². The molecule has 1 unspecified atom stereocenters. The monoisotopic (exact) mass is 436 g/mol. The average Bonchev–Trinajstić information content (AvgIpc) is 2.74. The number of aliphatic imine (C=N–C) groups is 1. The van der Waals surface area contributed by atoms with Gasteiger partial charge in [-0.15, -0.1) is 24.0 Å². The maximum Gasteiger partial charge on any atom is 0.208 e. The Morgan fingerprint density at radius 3 is 2.55 bits per heavy atom. The Labute approximate surface area is 143 Å². The summed E-state index contributed by atoms with van der Waals surface area (Å²) in [6.07, 6.45) is 3.64. The minimum atomic E-state index is -3.12. The van der Waals surface area contributed by atoms with Crippen molar-refractivity contribution in [2.75, 3.05) is 38.7 Å². The fraction of sp³-hybridized carbons (Fsp3) is 0.909. The van der Waals surface area contributed by atoms with E-state index < -0.39 is 10.0 Å². The normalized spacial score (nSPS) is 23.2. The highest BCUT2D eigenvalue weighted by Crippen LogP contribution is 2.36. The van der Waals surface area contributed by atoms with Gasteiger partial charge in [0.05, 0.1) is 6.26 Å². The summed E-state index contributed by atoms with van der Waals surface area (Å²) in [4.78, 5) is 4.12. The predicted octanol–water partition coefficient (Wildman–Crippen LogP) is 0.604. The predicted molar refractivity (Wildman–Crippen MR) is 97.7 cm³/mol. The van der Waals surface area contributed by atoms with Crippen molar-refractivity contribution in [2.45, 2.75) is 24.5 Å².